The lowest BCUT2D eigenvalue weighted by atomic mass is 10.1. The fourth-order valence-corrected chi connectivity index (χ4v) is 3.42. The summed E-state index contributed by atoms with van der Waals surface area (Å²) in [4.78, 5) is 18.0. The largest absolute Gasteiger partial charge is 0.497 e. The number of nitrogens with one attached hydrogen (secondary N) is 1. The van der Waals surface area contributed by atoms with E-state index < -0.39 is 0 Å². The monoisotopic (exact) mass is 339 g/mol. The van der Waals surface area contributed by atoms with Gasteiger partial charge in [-0.2, -0.15) is 0 Å². The third kappa shape index (κ3) is 2.92. The normalized spacial score (nSPS) is 13.7. The van der Waals surface area contributed by atoms with Crippen LogP contribution < -0.4 is 10.1 Å². The average molecular weight is 339 g/mol. The minimum atomic E-state index is -0.0424. The standard InChI is InChI=1S/C18H17N3O2S/c1-23-14-8-4-12(5-9-14)15-16(17(22)19-13-6-7-13)24-18(20-15)21-10-2-3-11-21/h2-5,8-11,13H,6-7H2,1H3,(H,19,22). The number of benzene rings is 1. The highest BCUT2D eigenvalue weighted by atomic mass is 32.1. The van der Waals surface area contributed by atoms with Crippen LogP contribution in [0, 0.1) is 0 Å². The fourth-order valence-electron chi connectivity index (χ4n) is 2.46. The van der Waals surface area contributed by atoms with Crippen molar-refractivity contribution >= 4 is 17.2 Å². The van der Waals surface area contributed by atoms with Crippen LogP contribution in [0.25, 0.3) is 16.4 Å². The van der Waals surface area contributed by atoms with Crippen LogP contribution in [0.1, 0.15) is 22.5 Å². The second-order valence-corrected chi connectivity index (χ2v) is 6.72. The Morgan fingerprint density at radius 3 is 2.58 bits per heavy atom. The van der Waals surface area contributed by atoms with Gasteiger partial charge in [-0.3, -0.25) is 4.79 Å². The first kappa shape index (κ1) is 15.0. The van der Waals surface area contributed by atoms with E-state index in [1.807, 2.05) is 53.4 Å². The van der Waals surface area contributed by atoms with Gasteiger partial charge in [-0.1, -0.05) is 11.3 Å². The highest BCUT2D eigenvalue weighted by molar-refractivity contribution is 7.16. The van der Waals surface area contributed by atoms with Gasteiger partial charge >= 0.3 is 0 Å². The van der Waals surface area contributed by atoms with Crippen molar-refractivity contribution in [1.29, 1.82) is 0 Å². The van der Waals surface area contributed by atoms with Gasteiger partial charge in [0.15, 0.2) is 5.13 Å². The van der Waals surface area contributed by atoms with Crippen LogP contribution >= 0.6 is 11.3 Å². The van der Waals surface area contributed by atoms with Crippen LogP contribution in [-0.2, 0) is 0 Å². The highest BCUT2D eigenvalue weighted by Crippen LogP contribution is 2.32. The zero-order valence-electron chi connectivity index (χ0n) is 13.2. The van der Waals surface area contributed by atoms with Crippen molar-refractivity contribution in [3.8, 4) is 22.1 Å². The van der Waals surface area contributed by atoms with Gasteiger partial charge in [0.1, 0.15) is 10.6 Å². The van der Waals surface area contributed by atoms with Crippen molar-refractivity contribution in [2.45, 2.75) is 18.9 Å². The van der Waals surface area contributed by atoms with Crippen molar-refractivity contribution < 1.29 is 9.53 Å². The third-order valence-corrected chi connectivity index (χ3v) is 4.99. The molecule has 0 unspecified atom stereocenters. The molecule has 24 heavy (non-hydrogen) atoms. The zero-order valence-corrected chi connectivity index (χ0v) is 14.0. The van der Waals surface area contributed by atoms with Crippen molar-refractivity contribution in [3.63, 3.8) is 0 Å². The van der Waals surface area contributed by atoms with Gasteiger partial charge < -0.3 is 14.6 Å². The molecule has 1 aliphatic rings. The van der Waals surface area contributed by atoms with Crippen molar-refractivity contribution in [1.82, 2.24) is 14.9 Å². The Kier molecular flexibility index (Phi) is 3.82. The molecule has 2 heterocycles. The molecule has 1 N–H and O–H groups in total. The molecule has 3 aromatic rings. The van der Waals surface area contributed by atoms with E-state index in [2.05, 4.69) is 5.32 Å². The van der Waals surface area contributed by atoms with E-state index in [1.54, 1.807) is 7.11 Å². The van der Waals surface area contributed by atoms with Crippen LogP contribution in [0.2, 0.25) is 0 Å². The summed E-state index contributed by atoms with van der Waals surface area (Å²) >= 11 is 1.41. The molecule has 1 amide bonds. The predicted molar refractivity (Wildman–Crippen MR) is 93.9 cm³/mol. The molecule has 0 aliphatic heterocycles. The minimum absolute atomic E-state index is 0.0424. The number of amides is 1. The van der Waals surface area contributed by atoms with Gasteiger partial charge in [0, 0.05) is 24.0 Å². The first-order valence-electron chi connectivity index (χ1n) is 7.84. The number of thiazole rings is 1. The molecule has 0 bridgehead atoms. The number of ether oxygens (including phenoxy) is 1. The van der Waals surface area contributed by atoms with Crippen molar-refractivity contribution in [2.75, 3.05) is 7.11 Å². The van der Waals surface area contributed by atoms with Crippen molar-refractivity contribution in [2.24, 2.45) is 0 Å². The second-order valence-electron chi connectivity index (χ2n) is 5.74. The average Bonchev–Trinajstić information content (AvgIpc) is 3.10. The Morgan fingerprint density at radius 2 is 1.96 bits per heavy atom. The summed E-state index contributed by atoms with van der Waals surface area (Å²) in [6.45, 7) is 0. The molecule has 6 heteroatoms. The van der Waals surface area contributed by atoms with E-state index in [4.69, 9.17) is 9.72 Å². The van der Waals surface area contributed by atoms with E-state index in [0.29, 0.717) is 16.6 Å². The maximum atomic E-state index is 12.6. The van der Waals surface area contributed by atoms with Crippen molar-refractivity contribution in [3.05, 3.63) is 53.7 Å². The molecule has 0 saturated heterocycles. The number of aromatic nitrogens is 2. The van der Waals surface area contributed by atoms with Crippen LogP contribution in [0.4, 0.5) is 0 Å². The number of nitrogens with zero attached hydrogens (tertiary/aromatic N) is 2. The lowest BCUT2D eigenvalue weighted by Crippen LogP contribution is -2.24. The van der Waals surface area contributed by atoms with E-state index >= 15 is 0 Å². The topological polar surface area (TPSA) is 56.2 Å². The smallest absolute Gasteiger partial charge is 0.263 e. The predicted octanol–water partition coefficient (Wildman–Crippen LogP) is 3.50. The van der Waals surface area contributed by atoms with Gasteiger partial charge in [0.05, 0.1) is 12.8 Å². The van der Waals surface area contributed by atoms with Gasteiger partial charge in [-0.25, -0.2) is 4.98 Å². The summed E-state index contributed by atoms with van der Waals surface area (Å²) < 4.78 is 7.13. The van der Waals surface area contributed by atoms with E-state index in [-0.39, 0.29) is 5.91 Å². The lowest BCUT2D eigenvalue weighted by Gasteiger charge is -2.04. The number of hydrogen-bond acceptors (Lipinski definition) is 4. The van der Waals surface area contributed by atoms with Gasteiger partial charge in [-0.05, 0) is 49.2 Å². The lowest BCUT2D eigenvalue weighted by molar-refractivity contribution is 0.0955. The summed E-state index contributed by atoms with van der Waals surface area (Å²) in [5.74, 6) is 0.739. The maximum Gasteiger partial charge on any atom is 0.263 e. The van der Waals surface area contributed by atoms with Crippen LogP contribution in [-0.4, -0.2) is 28.6 Å². The molecule has 122 valence electrons. The highest BCUT2D eigenvalue weighted by Gasteiger charge is 2.27. The zero-order chi connectivity index (χ0) is 16.5. The van der Waals surface area contributed by atoms with E-state index in [9.17, 15) is 4.79 Å². The molecule has 2 aromatic heterocycles. The Bertz CT molecular complexity index is 849. The quantitative estimate of drug-likeness (QED) is 0.774. The number of carbonyl (C=O) groups is 1. The molecule has 4 rings (SSSR count). The molecule has 1 saturated carbocycles. The Balaban J connectivity index is 1.75. The Morgan fingerprint density at radius 1 is 1.25 bits per heavy atom. The summed E-state index contributed by atoms with van der Waals surface area (Å²) in [6, 6.07) is 11.8. The molecule has 1 aliphatic carbocycles. The molecular weight excluding hydrogens is 322 g/mol. The molecule has 1 fully saturated rings. The third-order valence-electron chi connectivity index (χ3n) is 3.92. The van der Waals surface area contributed by atoms with E-state index in [0.717, 1.165) is 29.3 Å². The molecule has 5 nitrogen and oxygen atoms in total. The SMILES string of the molecule is COc1ccc(-c2nc(-n3cccc3)sc2C(=O)NC2CC2)cc1. The summed E-state index contributed by atoms with van der Waals surface area (Å²) in [7, 11) is 1.64. The van der Waals surface area contributed by atoms with Crippen LogP contribution in [0.3, 0.4) is 0 Å². The Labute approximate surface area is 143 Å². The summed E-state index contributed by atoms with van der Waals surface area (Å²) in [6.07, 6.45) is 5.98. The minimum Gasteiger partial charge on any atom is -0.497 e. The molecule has 0 radical (unpaired) electrons. The maximum absolute atomic E-state index is 12.6. The number of methoxy groups -OCH3 is 1. The summed E-state index contributed by atoms with van der Waals surface area (Å²) in [5.41, 5.74) is 1.62. The second kappa shape index (κ2) is 6.13. The first-order valence-corrected chi connectivity index (χ1v) is 8.65. The first-order chi connectivity index (χ1) is 11.7. The molecule has 0 atom stereocenters. The molecule has 1 aromatic carbocycles. The van der Waals surface area contributed by atoms with Gasteiger partial charge in [0.2, 0.25) is 0 Å². The van der Waals surface area contributed by atoms with Gasteiger partial charge in [0.25, 0.3) is 5.91 Å². The molecule has 0 spiro atoms. The molecular formula is C18H17N3O2S. The Hall–Kier alpha value is -2.60. The van der Waals surface area contributed by atoms with E-state index in [1.165, 1.54) is 11.3 Å². The number of carbonyl (C=O) groups excluding carboxylic acids is 1. The van der Waals surface area contributed by atoms with Gasteiger partial charge in [-0.15, -0.1) is 0 Å². The number of rotatable bonds is 5. The van der Waals surface area contributed by atoms with Crippen LogP contribution in [0.5, 0.6) is 5.75 Å². The fraction of sp³-hybridized carbons (Fsp3) is 0.222. The van der Waals surface area contributed by atoms with Crippen LogP contribution in [0.15, 0.2) is 48.8 Å². The number of hydrogen-bond donors (Lipinski definition) is 1. The summed E-state index contributed by atoms with van der Waals surface area (Å²) in [5, 5.41) is 3.84.